The fraction of sp³-hybridized carbons (Fsp3) is 0.250. The molecule has 1 N–H and O–H groups in total. The molecule has 1 aromatic heterocycles. The molecule has 17 heavy (non-hydrogen) atoms. The van der Waals surface area contributed by atoms with Crippen LogP contribution in [0.2, 0.25) is 0 Å². The summed E-state index contributed by atoms with van der Waals surface area (Å²) >= 11 is 0. The monoisotopic (exact) mass is 232 g/mol. The van der Waals surface area contributed by atoms with Crippen molar-refractivity contribution in [1.82, 2.24) is 9.55 Å². The highest BCUT2D eigenvalue weighted by atomic mass is 16.2. The number of nitrogens with one attached hydrogen (secondary N) is 1. The number of hydrogen-bond acceptors (Lipinski definition) is 3. The van der Waals surface area contributed by atoms with Crippen molar-refractivity contribution >= 4 is 16.7 Å². The zero-order valence-corrected chi connectivity index (χ0v) is 9.61. The summed E-state index contributed by atoms with van der Waals surface area (Å²) in [6, 6.07) is 5.18. The normalized spacial score (nSPS) is 10.7. The Balaban J connectivity index is 2.81. The van der Waals surface area contributed by atoms with Gasteiger partial charge in [-0.1, -0.05) is 6.07 Å². The molecule has 2 aromatic rings. The summed E-state index contributed by atoms with van der Waals surface area (Å²) in [5.74, 6) is -0.232. The summed E-state index contributed by atoms with van der Waals surface area (Å²) in [7, 11) is 0. The van der Waals surface area contributed by atoms with Crippen LogP contribution in [-0.4, -0.2) is 15.3 Å². The molecule has 0 radical (unpaired) electrons. The molecule has 0 spiro atoms. The summed E-state index contributed by atoms with van der Waals surface area (Å²) in [5.41, 5.74) is 0.471. The maximum atomic E-state index is 12.0. The second-order valence-electron chi connectivity index (χ2n) is 4.07. The van der Waals surface area contributed by atoms with E-state index in [1.807, 2.05) is 6.92 Å². The highest BCUT2D eigenvalue weighted by Crippen LogP contribution is 2.07. The Morgan fingerprint density at radius 2 is 2.06 bits per heavy atom. The standard InChI is InChI=1S/C12H12N2O3/c1-7-3-4-9-10(5-7)13-12(17)14(11(9)16)6-8(2)15/h3-5H,6H2,1-2H3,(H,13,17). The molecule has 2 rings (SSSR count). The summed E-state index contributed by atoms with van der Waals surface area (Å²) in [4.78, 5) is 37.2. The van der Waals surface area contributed by atoms with Crippen LogP contribution in [0.5, 0.6) is 0 Å². The zero-order valence-electron chi connectivity index (χ0n) is 9.61. The van der Waals surface area contributed by atoms with E-state index in [2.05, 4.69) is 4.98 Å². The van der Waals surface area contributed by atoms with E-state index in [0.29, 0.717) is 10.9 Å². The average Bonchev–Trinajstić information content (AvgIpc) is 2.23. The third-order valence-corrected chi connectivity index (χ3v) is 2.52. The predicted octanol–water partition coefficient (Wildman–Crippen LogP) is 0.587. The number of benzene rings is 1. The van der Waals surface area contributed by atoms with Crippen LogP contribution < -0.4 is 11.2 Å². The first-order chi connectivity index (χ1) is 7.99. The lowest BCUT2D eigenvalue weighted by molar-refractivity contribution is -0.117. The number of rotatable bonds is 2. The molecule has 0 amide bonds. The molecular weight excluding hydrogens is 220 g/mol. The SMILES string of the molecule is CC(=O)Cn1c(=O)[nH]c2cc(C)ccc2c1=O. The predicted molar refractivity (Wildman–Crippen MR) is 64.2 cm³/mol. The van der Waals surface area contributed by atoms with Crippen molar-refractivity contribution in [2.24, 2.45) is 0 Å². The molecule has 1 heterocycles. The number of fused-ring (bicyclic) bond motifs is 1. The molecule has 0 atom stereocenters. The first-order valence-corrected chi connectivity index (χ1v) is 5.22. The molecule has 0 unspecified atom stereocenters. The van der Waals surface area contributed by atoms with Crippen molar-refractivity contribution < 1.29 is 4.79 Å². The number of aromatic nitrogens is 2. The number of hydrogen-bond donors (Lipinski definition) is 1. The lowest BCUT2D eigenvalue weighted by Crippen LogP contribution is -2.36. The summed E-state index contributed by atoms with van der Waals surface area (Å²) < 4.78 is 0.917. The van der Waals surface area contributed by atoms with Crippen LogP contribution in [0.15, 0.2) is 27.8 Å². The van der Waals surface area contributed by atoms with E-state index in [-0.39, 0.29) is 12.3 Å². The number of Topliss-reactive ketones (excluding diaryl/α,β-unsaturated/α-hetero) is 1. The Labute approximate surface area is 96.7 Å². The number of ketones is 1. The molecule has 5 nitrogen and oxygen atoms in total. The molecule has 0 fully saturated rings. The molecule has 0 aliphatic carbocycles. The number of carbonyl (C=O) groups is 1. The van der Waals surface area contributed by atoms with Crippen molar-refractivity contribution in [3.63, 3.8) is 0 Å². The number of nitrogens with zero attached hydrogens (tertiary/aromatic N) is 1. The van der Waals surface area contributed by atoms with Crippen LogP contribution in [0.4, 0.5) is 0 Å². The summed E-state index contributed by atoms with van der Waals surface area (Å²) in [5, 5.41) is 0.413. The average molecular weight is 232 g/mol. The molecular formula is C12H12N2O3. The van der Waals surface area contributed by atoms with Crippen LogP contribution in [-0.2, 0) is 11.3 Å². The minimum atomic E-state index is -0.552. The van der Waals surface area contributed by atoms with Gasteiger partial charge in [0.1, 0.15) is 5.78 Å². The fourth-order valence-electron chi connectivity index (χ4n) is 1.73. The van der Waals surface area contributed by atoms with E-state index in [1.54, 1.807) is 18.2 Å². The van der Waals surface area contributed by atoms with Gasteiger partial charge in [0.15, 0.2) is 0 Å². The number of aromatic amines is 1. The third-order valence-electron chi connectivity index (χ3n) is 2.52. The van der Waals surface area contributed by atoms with Gasteiger partial charge in [0.2, 0.25) is 0 Å². The molecule has 5 heteroatoms. The van der Waals surface area contributed by atoms with Crippen LogP contribution in [0, 0.1) is 6.92 Å². The van der Waals surface area contributed by atoms with Crippen LogP contribution in [0.25, 0.3) is 10.9 Å². The maximum absolute atomic E-state index is 12.0. The third kappa shape index (κ3) is 2.04. The largest absolute Gasteiger partial charge is 0.329 e. The van der Waals surface area contributed by atoms with Crippen molar-refractivity contribution in [2.45, 2.75) is 20.4 Å². The number of carbonyl (C=O) groups excluding carboxylic acids is 1. The topological polar surface area (TPSA) is 71.9 Å². The van der Waals surface area contributed by atoms with Crippen molar-refractivity contribution in [3.8, 4) is 0 Å². The molecule has 0 bridgehead atoms. The van der Waals surface area contributed by atoms with E-state index >= 15 is 0 Å². The Bertz CT molecular complexity index is 710. The van der Waals surface area contributed by atoms with Gasteiger partial charge in [-0.15, -0.1) is 0 Å². The van der Waals surface area contributed by atoms with Crippen LogP contribution >= 0.6 is 0 Å². The van der Waals surface area contributed by atoms with E-state index in [1.165, 1.54) is 6.92 Å². The van der Waals surface area contributed by atoms with Gasteiger partial charge in [-0.2, -0.15) is 0 Å². The smallest absolute Gasteiger partial charge is 0.307 e. The lowest BCUT2D eigenvalue weighted by atomic mass is 10.2. The molecule has 0 aliphatic heterocycles. The van der Waals surface area contributed by atoms with Crippen molar-refractivity contribution in [2.75, 3.05) is 0 Å². The molecule has 1 aromatic carbocycles. The molecule has 0 saturated heterocycles. The van der Waals surface area contributed by atoms with Gasteiger partial charge in [-0.05, 0) is 31.5 Å². The Hall–Kier alpha value is -2.17. The second-order valence-corrected chi connectivity index (χ2v) is 4.07. The van der Waals surface area contributed by atoms with Gasteiger partial charge in [0.05, 0.1) is 17.4 Å². The van der Waals surface area contributed by atoms with E-state index in [0.717, 1.165) is 10.1 Å². The Morgan fingerprint density at radius 1 is 1.35 bits per heavy atom. The van der Waals surface area contributed by atoms with Crippen molar-refractivity contribution in [3.05, 3.63) is 44.6 Å². The van der Waals surface area contributed by atoms with E-state index < -0.39 is 11.2 Å². The Kier molecular flexibility index (Phi) is 2.67. The quantitative estimate of drug-likeness (QED) is 0.823. The van der Waals surface area contributed by atoms with Gasteiger partial charge >= 0.3 is 5.69 Å². The van der Waals surface area contributed by atoms with Crippen LogP contribution in [0.3, 0.4) is 0 Å². The molecule has 0 aliphatic rings. The van der Waals surface area contributed by atoms with Gasteiger partial charge in [0, 0.05) is 0 Å². The first kappa shape index (κ1) is 11.3. The van der Waals surface area contributed by atoms with E-state index in [4.69, 9.17) is 0 Å². The second kappa shape index (κ2) is 4.01. The highest BCUT2D eigenvalue weighted by Gasteiger charge is 2.08. The van der Waals surface area contributed by atoms with Gasteiger partial charge in [0.25, 0.3) is 5.56 Å². The first-order valence-electron chi connectivity index (χ1n) is 5.22. The maximum Gasteiger partial charge on any atom is 0.329 e. The van der Waals surface area contributed by atoms with Crippen molar-refractivity contribution in [1.29, 1.82) is 0 Å². The molecule has 0 saturated carbocycles. The number of aryl methyl sites for hydroxylation is 1. The summed E-state index contributed by atoms with van der Waals surface area (Å²) in [6.45, 7) is 3.02. The number of H-pyrrole nitrogens is 1. The zero-order chi connectivity index (χ0) is 12.6. The highest BCUT2D eigenvalue weighted by molar-refractivity contribution is 5.79. The lowest BCUT2D eigenvalue weighted by Gasteiger charge is -2.04. The van der Waals surface area contributed by atoms with E-state index in [9.17, 15) is 14.4 Å². The summed E-state index contributed by atoms with van der Waals surface area (Å²) in [6.07, 6.45) is 0. The fourth-order valence-corrected chi connectivity index (χ4v) is 1.73. The minimum absolute atomic E-state index is 0.196. The van der Waals surface area contributed by atoms with Crippen LogP contribution in [0.1, 0.15) is 12.5 Å². The minimum Gasteiger partial charge on any atom is -0.307 e. The molecule has 88 valence electrons. The van der Waals surface area contributed by atoms with Gasteiger partial charge < -0.3 is 4.98 Å². The van der Waals surface area contributed by atoms with Gasteiger partial charge in [-0.25, -0.2) is 4.79 Å². The Morgan fingerprint density at radius 3 is 2.71 bits per heavy atom. The van der Waals surface area contributed by atoms with Gasteiger partial charge in [-0.3, -0.25) is 14.2 Å².